The standard InChI is InChI=1S/C12H23NO11/c13-11(22)8(20)7(19)10(3(16)1-14)24-12-9(21)6(18)5(17)4(2-15)23-12/h3-10,12,14-21H,1-2H2,(H2,13,22)/t3-,4-,5+,6+,7-,8-,9-,10-,12?/m1/s1. The lowest BCUT2D eigenvalue weighted by Crippen LogP contribution is -2.62. The van der Waals surface area contributed by atoms with Crippen LogP contribution in [0.1, 0.15) is 0 Å². The molecule has 1 amide bonds. The molecule has 0 bridgehead atoms. The Hall–Kier alpha value is -0.930. The highest BCUT2D eigenvalue weighted by atomic mass is 16.7. The van der Waals surface area contributed by atoms with Crippen molar-refractivity contribution in [3.05, 3.63) is 0 Å². The van der Waals surface area contributed by atoms with E-state index in [0.29, 0.717) is 0 Å². The number of rotatable bonds is 8. The largest absolute Gasteiger partial charge is 0.394 e. The van der Waals surface area contributed by atoms with Crippen LogP contribution < -0.4 is 5.73 Å². The van der Waals surface area contributed by atoms with Crippen molar-refractivity contribution in [3.8, 4) is 0 Å². The minimum absolute atomic E-state index is 0.746. The van der Waals surface area contributed by atoms with E-state index in [1.54, 1.807) is 0 Å². The van der Waals surface area contributed by atoms with Crippen LogP contribution in [0.25, 0.3) is 0 Å². The summed E-state index contributed by atoms with van der Waals surface area (Å²) in [6.07, 6.45) is -16.3. The van der Waals surface area contributed by atoms with Gasteiger partial charge in [0.15, 0.2) is 12.4 Å². The molecule has 0 saturated carbocycles. The Labute approximate surface area is 136 Å². The molecule has 0 aliphatic carbocycles. The summed E-state index contributed by atoms with van der Waals surface area (Å²) >= 11 is 0. The molecular weight excluding hydrogens is 334 g/mol. The minimum Gasteiger partial charge on any atom is -0.394 e. The van der Waals surface area contributed by atoms with E-state index < -0.39 is 74.2 Å². The fourth-order valence-corrected chi connectivity index (χ4v) is 2.19. The lowest BCUT2D eigenvalue weighted by molar-refractivity contribution is -0.326. The summed E-state index contributed by atoms with van der Waals surface area (Å²) in [5, 5.41) is 76.2. The van der Waals surface area contributed by atoms with E-state index in [0.717, 1.165) is 0 Å². The Morgan fingerprint density at radius 1 is 1.08 bits per heavy atom. The van der Waals surface area contributed by atoms with Crippen molar-refractivity contribution >= 4 is 5.91 Å². The van der Waals surface area contributed by atoms with Gasteiger partial charge in [0.25, 0.3) is 0 Å². The summed E-state index contributed by atoms with van der Waals surface area (Å²) in [7, 11) is 0. The van der Waals surface area contributed by atoms with Gasteiger partial charge in [-0.05, 0) is 0 Å². The molecule has 0 spiro atoms. The molecule has 12 nitrogen and oxygen atoms in total. The summed E-state index contributed by atoms with van der Waals surface area (Å²) in [4.78, 5) is 10.9. The van der Waals surface area contributed by atoms with Crippen LogP contribution in [-0.4, -0.2) is 115 Å². The fraction of sp³-hybridized carbons (Fsp3) is 0.917. The molecule has 0 aromatic carbocycles. The van der Waals surface area contributed by atoms with Gasteiger partial charge >= 0.3 is 0 Å². The molecule has 24 heavy (non-hydrogen) atoms. The number of primary amides is 1. The molecule has 0 aromatic heterocycles. The number of carbonyl (C=O) groups excluding carboxylic acids is 1. The average Bonchev–Trinajstić information content (AvgIpc) is 2.57. The molecule has 0 aromatic rings. The number of nitrogens with two attached hydrogens (primary N) is 1. The molecule has 1 aliphatic heterocycles. The maximum Gasteiger partial charge on any atom is 0.249 e. The Bertz CT molecular complexity index is 408. The smallest absolute Gasteiger partial charge is 0.249 e. The summed E-state index contributed by atoms with van der Waals surface area (Å²) in [6, 6.07) is 0. The van der Waals surface area contributed by atoms with Crippen LogP contribution in [0.3, 0.4) is 0 Å². The summed E-state index contributed by atoms with van der Waals surface area (Å²) in [6.45, 7) is -1.70. The summed E-state index contributed by atoms with van der Waals surface area (Å²) in [5.74, 6) is -1.34. The first-order chi connectivity index (χ1) is 11.1. The van der Waals surface area contributed by atoms with Crippen LogP contribution in [0.2, 0.25) is 0 Å². The van der Waals surface area contributed by atoms with E-state index in [-0.39, 0.29) is 0 Å². The Kier molecular flexibility index (Phi) is 7.88. The Balaban J connectivity index is 2.94. The zero-order chi connectivity index (χ0) is 18.6. The zero-order valence-electron chi connectivity index (χ0n) is 12.5. The van der Waals surface area contributed by atoms with Crippen molar-refractivity contribution in [1.29, 1.82) is 0 Å². The fourth-order valence-electron chi connectivity index (χ4n) is 2.19. The number of aliphatic hydroxyl groups excluding tert-OH is 8. The average molecular weight is 357 g/mol. The normalized spacial score (nSPS) is 35.9. The third kappa shape index (κ3) is 4.58. The number of amides is 1. The van der Waals surface area contributed by atoms with Crippen LogP contribution in [0.15, 0.2) is 0 Å². The maximum absolute atomic E-state index is 10.9. The van der Waals surface area contributed by atoms with Crippen LogP contribution in [0, 0.1) is 0 Å². The van der Waals surface area contributed by atoms with Crippen molar-refractivity contribution in [2.24, 2.45) is 5.73 Å². The molecule has 1 heterocycles. The van der Waals surface area contributed by atoms with E-state index in [1.165, 1.54) is 0 Å². The molecule has 1 fully saturated rings. The van der Waals surface area contributed by atoms with Crippen LogP contribution >= 0.6 is 0 Å². The third-order valence-corrected chi connectivity index (χ3v) is 3.66. The molecule has 1 saturated heterocycles. The molecular formula is C12H23NO11. The SMILES string of the molecule is NC(=O)[C@H](O)[C@@H](O)[C@H](OC1O[C@H](CO)[C@H](O)[C@H](O)[C@H]1O)[C@H](O)CO. The van der Waals surface area contributed by atoms with E-state index in [9.17, 15) is 35.4 Å². The number of ether oxygens (including phenoxy) is 2. The topological polar surface area (TPSA) is 223 Å². The molecule has 1 unspecified atom stereocenters. The van der Waals surface area contributed by atoms with E-state index in [2.05, 4.69) is 0 Å². The van der Waals surface area contributed by atoms with Crippen LogP contribution in [-0.2, 0) is 14.3 Å². The van der Waals surface area contributed by atoms with Gasteiger partial charge in [-0.25, -0.2) is 0 Å². The maximum atomic E-state index is 10.9. The molecule has 9 atom stereocenters. The van der Waals surface area contributed by atoms with Gasteiger partial charge < -0.3 is 56.1 Å². The van der Waals surface area contributed by atoms with Gasteiger partial charge in [0.2, 0.25) is 5.91 Å². The number of carbonyl (C=O) groups is 1. The lowest BCUT2D eigenvalue weighted by Gasteiger charge is -2.42. The third-order valence-electron chi connectivity index (χ3n) is 3.66. The summed E-state index contributed by atoms with van der Waals surface area (Å²) < 4.78 is 10.1. The van der Waals surface area contributed by atoms with Gasteiger partial charge in [0, 0.05) is 0 Å². The minimum atomic E-state index is -2.17. The van der Waals surface area contributed by atoms with Crippen molar-refractivity contribution in [1.82, 2.24) is 0 Å². The van der Waals surface area contributed by atoms with Crippen molar-refractivity contribution in [2.75, 3.05) is 13.2 Å². The second kappa shape index (κ2) is 8.96. The first-order valence-electron chi connectivity index (χ1n) is 7.06. The Morgan fingerprint density at radius 2 is 1.67 bits per heavy atom. The first-order valence-corrected chi connectivity index (χ1v) is 7.06. The molecule has 0 radical (unpaired) electrons. The lowest BCUT2D eigenvalue weighted by atomic mass is 9.98. The zero-order valence-corrected chi connectivity index (χ0v) is 12.5. The summed E-state index contributed by atoms with van der Waals surface area (Å²) in [5.41, 5.74) is 4.83. The number of aliphatic hydroxyl groups is 8. The van der Waals surface area contributed by atoms with Crippen molar-refractivity contribution in [3.63, 3.8) is 0 Å². The first kappa shape index (κ1) is 21.1. The molecule has 1 aliphatic rings. The van der Waals surface area contributed by atoms with E-state index in [4.69, 9.17) is 25.4 Å². The monoisotopic (exact) mass is 357 g/mol. The van der Waals surface area contributed by atoms with E-state index >= 15 is 0 Å². The molecule has 10 N–H and O–H groups in total. The van der Waals surface area contributed by atoms with Crippen LogP contribution in [0.5, 0.6) is 0 Å². The predicted octanol–water partition coefficient (Wildman–Crippen LogP) is -6.27. The Morgan fingerprint density at radius 3 is 2.12 bits per heavy atom. The highest BCUT2D eigenvalue weighted by Gasteiger charge is 2.47. The van der Waals surface area contributed by atoms with Crippen molar-refractivity contribution in [2.45, 2.75) is 55.1 Å². The number of hydrogen-bond acceptors (Lipinski definition) is 11. The molecule has 142 valence electrons. The van der Waals surface area contributed by atoms with Gasteiger partial charge in [-0.3, -0.25) is 4.79 Å². The highest BCUT2D eigenvalue weighted by Crippen LogP contribution is 2.24. The number of hydrogen-bond donors (Lipinski definition) is 9. The van der Waals surface area contributed by atoms with Gasteiger partial charge in [-0.1, -0.05) is 0 Å². The van der Waals surface area contributed by atoms with Crippen LogP contribution in [0.4, 0.5) is 0 Å². The van der Waals surface area contributed by atoms with Crippen molar-refractivity contribution < 1.29 is 55.1 Å². The van der Waals surface area contributed by atoms with Gasteiger partial charge in [-0.2, -0.15) is 0 Å². The predicted molar refractivity (Wildman–Crippen MR) is 72.9 cm³/mol. The molecule has 12 heteroatoms. The van der Waals surface area contributed by atoms with E-state index in [1.807, 2.05) is 0 Å². The quantitative estimate of drug-likeness (QED) is 0.198. The highest BCUT2D eigenvalue weighted by molar-refractivity contribution is 5.79. The van der Waals surface area contributed by atoms with Gasteiger partial charge in [0.05, 0.1) is 13.2 Å². The second-order valence-electron chi connectivity index (χ2n) is 5.39. The second-order valence-corrected chi connectivity index (χ2v) is 5.39. The van der Waals surface area contributed by atoms with Gasteiger partial charge in [-0.15, -0.1) is 0 Å². The molecule has 1 rings (SSSR count). The van der Waals surface area contributed by atoms with Gasteiger partial charge in [0.1, 0.15) is 42.7 Å².